The molecule has 0 unspecified atom stereocenters. The smallest absolute Gasteiger partial charge is 0.150 e. The van der Waals surface area contributed by atoms with Gasteiger partial charge in [-0.05, 0) is 36.2 Å². The molecule has 5 N–H and O–H groups in total. The summed E-state index contributed by atoms with van der Waals surface area (Å²) in [5.74, 6) is 0.833. The summed E-state index contributed by atoms with van der Waals surface area (Å²) < 4.78 is 0. The number of rotatable bonds is 2. The van der Waals surface area contributed by atoms with Gasteiger partial charge < -0.3 is 21.7 Å². The third-order valence-corrected chi connectivity index (χ3v) is 4.43. The summed E-state index contributed by atoms with van der Waals surface area (Å²) in [4.78, 5) is 16.7. The van der Waals surface area contributed by atoms with Gasteiger partial charge in [0.15, 0.2) is 0 Å². The molecule has 1 aliphatic heterocycles. The van der Waals surface area contributed by atoms with E-state index in [0.717, 1.165) is 46.7 Å². The molecule has 0 atom stereocenters. The largest absolute Gasteiger partial charge is 0.404 e. The molecule has 3 rings (SSSR count). The van der Waals surface area contributed by atoms with E-state index in [1.807, 2.05) is 44.3 Å². The lowest BCUT2D eigenvalue weighted by atomic mass is 10.1. The monoisotopic (exact) mass is 365 g/mol. The highest BCUT2D eigenvalue weighted by molar-refractivity contribution is 6.11. The second-order valence-corrected chi connectivity index (χ2v) is 6.27. The quantitative estimate of drug-likeness (QED) is 0.711. The highest BCUT2D eigenvalue weighted by atomic mass is 16.1. The second-order valence-electron chi connectivity index (χ2n) is 6.27. The Morgan fingerprint density at radius 3 is 2.59 bits per heavy atom. The number of hydrogen-bond donors (Lipinski definition) is 3. The molecule has 27 heavy (non-hydrogen) atoms. The summed E-state index contributed by atoms with van der Waals surface area (Å²) in [7, 11) is 3.81. The van der Waals surface area contributed by atoms with E-state index in [4.69, 9.17) is 11.5 Å². The molecule has 0 spiro atoms. The van der Waals surface area contributed by atoms with Crippen molar-refractivity contribution in [3.05, 3.63) is 70.9 Å². The van der Waals surface area contributed by atoms with Crippen LogP contribution in [0.4, 0.5) is 11.4 Å². The van der Waals surface area contributed by atoms with Crippen molar-refractivity contribution in [1.82, 2.24) is 0 Å². The predicted octanol–water partition coefficient (Wildman–Crippen LogP) is 2.69. The predicted molar refractivity (Wildman–Crippen MR) is 113 cm³/mol. The maximum atomic E-state index is 10.3. The van der Waals surface area contributed by atoms with Crippen LogP contribution in [0.5, 0.6) is 0 Å². The molecule has 2 aromatic carbocycles. The van der Waals surface area contributed by atoms with Gasteiger partial charge in [-0.1, -0.05) is 24.3 Å². The minimum absolute atomic E-state index is 0.533. The fourth-order valence-corrected chi connectivity index (χ4v) is 2.89. The van der Waals surface area contributed by atoms with Crippen molar-refractivity contribution in [2.45, 2.75) is 13.5 Å². The number of nitrogens with zero attached hydrogens (tertiary/aromatic N) is 2. The van der Waals surface area contributed by atoms with Crippen molar-refractivity contribution in [3.63, 3.8) is 0 Å². The summed E-state index contributed by atoms with van der Waals surface area (Å²) in [5, 5.41) is 3.30. The average Bonchev–Trinajstić information content (AvgIpc) is 2.84. The summed E-state index contributed by atoms with van der Waals surface area (Å²) in [6.45, 7) is 3.24. The molecule has 0 saturated carbocycles. The summed E-state index contributed by atoms with van der Waals surface area (Å²) in [6.07, 6.45) is 2.45. The number of carbonyl (C=O) groups is 1. The number of carbonyl (C=O) groups excluding carboxylic acids is 1. The minimum Gasteiger partial charge on any atom is -0.404 e. The molecule has 6 nitrogen and oxygen atoms in total. The van der Waals surface area contributed by atoms with Gasteiger partial charge in [0.2, 0.25) is 0 Å². The molecule has 1 heterocycles. The molecule has 142 valence electrons. The second kappa shape index (κ2) is 9.54. The number of amidine groups is 1. The Morgan fingerprint density at radius 2 is 2.00 bits per heavy atom. The maximum Gasteiger partial charge on any atom is 0.150 e. The molecule has 0 saturated heterocycles. The third-order valence-electron chi connectivity index (χ3n) is 4.43. The minimum atomic E-state index is 0.533. The van der Waals surface area contributed by atoms with E-state index in [9.17, 15) is 4.79 Å². The molecular formula is C21H27N5O. The number of aliphatic imine (C=N–C) groups is 1. The van der Waals surface area contributed by atoms with E-state index in [2.05, 4.69) is 21.3 Å². The van der Waals surface area contributed by atoms with Crippen molar-refractivity contribution < 1.29 is 4.79 Å². The number of aryl methyl sites for hydroxylation is 1. The van der Waals surface area contributed by atoms with Gasteiger partial charge >= 0.3 is 0 Å². The first kappa shape index (κ1) is 20.2. The van der Waals surface area contributed by atoms with Crippen LogP contribution >= 0.6 is 0 Å². The topological polar surface area (TPSA) is 96.7 Å². The van der Waals surface area contributed by atoms with Crippen molar-refractivity contribution in [3.8, 4) is 0 Å². The number of likely N-dealkylation sites (N-methyl/N-ethyl adjacent to an activating group) is 1. The summed E-state index contributed by atoms with van der Waals surface area (Å²) in [6, 6.07) is 13.7. The lowest BCUT2D eigenvalue weighted by Crippen LogP contribution is -2.23. The van der Waals surface area contributed by atoms with Gasteiger partial charge in [0.05, 0.1) is 11.4 Å². The fourth-order valence-electron chi connectivity index (χ4n) is 2.89. The van der Waals surface area contributed by atoms with Crippen LogP contribution in [0.25, 0.3) is 0 Å². The number of fused-ring (bicyclic) bond motifs is 1. The lowest BCUT2D eigenvalue weighted by Gasteiger charge is -2.18. The van der Waals surface area contributed by atoms with Crippen LogP contribution in [0.15, 0.2) is 59.2 Å². The van der Waals surface area contributed by atoms with Crippen molar-refractivity contribution in [2.24, 2.45) is 16.5 Å². The van der Waals surface area contributed by atoms with Gasteiger partial charge in [0.25, 0.3) is 0 Å². The molecular weight excluding hydrogens is 338 g/mol. The number of benzene rings is 2. The van der Waals surface area contributed by atoms with Crippen LogP contribution in [0.1, 0.15) is 21.5 Å². The van der Waals surface area contributed by atoms with E-state index >= 15 is 0 Å². The highest BCUT2D eigenvalue weighted by Crippen LogP contribution is 2.28. The van der Waals surface area contributed by atoms with Crippen LogP contribution in [0, 0.1) is 6.92 Å². The van der Waals surface area contributed by atoms with Gasteiger partial charge in [0.1, 0.15) is 12.1 Å². The maximum absolute atomic E-state index is 10.3. The van der Waals surface area contributed by atoms with Crippen LogP contribution in [-0.2, 0) is 6.54 Å². The number of nitrogens with two attached hydrogens (primary N) is 2. The van der Waals surface area contributed by atoms with Gasteiger partial charge in [-0.3, -0.25) is 9.79 Å². The Balaban J connectivity index is 0.000000208. The molecule has 0 radical (unpaired) electrons. The normalized spacial score (nSPS) is 16.1. The zero-order valence-corrected chi connectivity index (χ0v) is 16.1. The molecule has 0 aromatic heterocycles. The Hall–Kier alpha value is -3.12. The first-order chi connectivity index (χ1) is 13.0. The van der Waals surface area contributed by atoms with Crippen LogP contribution in [-0.4, -0.2) is 32.8 Å². The average molecular weight is 365 g/mol. The molecule has 2 aromatic rings. The van der Waals surface area contributed by atoms with Gasteiger partial charge in [-0.25, -0.2) is 0 Å². The highest BCUT2D eigenvalue weighted by Gasteiger charge is 2.18. The Kier molecular flexibility index (Phi) is 7.14. The number of nitrogens with one attached hydrogen (secondary N) is 1. The van der Waals surface area contributed by atoms with Gasteiger partial charge in [-0.15, -0.1) is 0 Å². The zero-order chi connectivity index (χ0) is 19.8. The third kappa shape index (κ3) is 4.95. The van der Waals surface area contributed by atoms with E-state index in [-0.39, 0.29) is 0 Å². The number of hydrogen-bond acceptors (Lipinski definition) is 5. The van der Waals surface area contributed by atoms with E-state index < -0.39 is 0 Å². The van der Waals surface area contributed by atoms with Crippen molar-refractivity contribution in [2.75, 3.05) is 30.9 Å². The zero-order valence-electron chi connectivity index (χ0n) is 16.1. The molecule has 6 heteroatoms. The van der Waals surface area contributed by atoms with E-state index in [0.29, 0.717) is 12.1 Å². The van der Waals surface area contributed by atoms with E-state index in [1.54, 1.807) is 19.3 Å². The number of anilines is 2. The first-order valence-electron chi connectivity index (χ1n) is 8.73. The van der Waals surface area contributed by atoms with Crippen LogP contribution in [0.3, 0.4) is 0 Å². The number of aldehydes is 1. The summed E-state index contributed by atoms with van der Waals surface area (Å²) in [5.41, 5.74) is 17.2. The van der Waals surface area contributed by atoms with Crippen LogP contribution < -0.4 is 21.7 Å². The van der Waals surface area contributed by atoms with Crippen molar-refractivity contribution in [1.29, 1.82) is 0 Å². The molecule has 0 fully saturated rings. The summed E-state index contributed by atoms with van der Waals surface area (Å²) >= 11 is 0. The fraction of sp³-hybridized carbons (Fsp3) is 0.238. The van der Waals surface area contributed by atoms with Gasteiger partial charge in [-0.2, -0.15) is 0 Å². The SMILES string of the molecule is CN=C1Nc2ccccc2N(C)C/C1=C/N.Cc1cc(C=O)ccc1CN. The molecule has 0 amide bonds. The van der Waals surface area contributed by atoms with Gasteiger partial charge in [0, 0.05) is 44.5 Å². The van der Waals surface area contributed by atoms with Crippen molar-refractivity contribution >= 4 is 23.5 Å². The standard InChI is InChI=1S/C12H16N4.C9H11NO/c1-14-12-9(7-13)8-16(2)11-6-4-3-5-10(11)15-12;1-7-4-8(6-11)2-3-9(7)5-10/h3-7H,8,13H2,1-2H3,(H,14,15);2-4,6H,5,10H2,1H3/b9-7-;. The Morgan fingerprint density at radius 1 is 1.26 bits per heavy atom. The molecule has 0 bridgehead atoms. The molecule has 0 aliphatic carbocycles. The number of para-hydroxylation sites is 2. The van der Waals surface area contributed by atoms with E-state index in [1.165, 1.54) is 0 Å². The first-order valence-corrected chi connectivity index (χ1v) is 8.73. The van der Waals surface area contributed by atoms with Crippen LogP contribution in [0.2, 0.25) is 0 Å². The Bertz CT molecular complexity index is 857. The lowest BCUT2D eigenvalue weighted by molar-refractivity contribution is 0.112. The Labute approximate surface area is 160 Å². The molecule has 1 aliphatic rings.